The van der Waals surface area contributed by atoms with E-state index in [4.69, 9.17) is 10.2 Å². The van der Waals surface area contributed by atoms with Gasteiger partial charge in [0.05, 0.1) is 31.3 Å². The van der Waals surface area contributed by atoms with Gasteiger partial charge in [-0.2, -0.15) is 0 Å². The zero-order valence-corrected chi connectivity index (χ0v) is 7.82. The maximum absolute atomic E-state index is 11.4. The van der Waals surface area contributed by atoms with E-state index < -0.39 is 11.4 Å². The summed E-state index contributed by atoms with van der Waals surface area (Å²) >= 11 is 0. The van der Waals surface area contributed by atoms with Gasteiger partial charge in [-0.3, -0.25) is 4.79 Å². The molecular formula is C8H13N3O3. The van der Waals surface area contributed by atoms with Crippen LogP contribution in [-0.4, -0.2) is 44.8 Å². The monoisotopic (exact) mass is 199 g/mol. The van der Waals surface area contributed by atoms with E-state index in [-0.39, 0.29) is 18.9 Å². The molecule has 0 unspecified atom stereocenters. The number of nitrogens with zero attached hydrogens (tertiary/aromatic N) is 1. The number of aromatic nitrogens is 2. The predicted octanol–water partition coefficient (Wildman–Crippen LogP) is -1.12. The zero-order chi connectivity index (χ0) is 10.6. The van der Waals surface area contributed by atoms with Gasteiger partial charge in [0.1, 0.15) is 5.69 Å². The lowest BCUT2D eigenvalue weighted by molar-refractivity contribution is 0.0720. The fourth-order valence-electron chi connectivity index (χ4n) is 0.851. The van der Waals surface area contributed by atoms with Crippen molar-refractivity contribution in [2.24, 2.45) is 0 Å². The Kier molecular flexibility index (Phi) is 3.21. The number of carbonyl (C=O) groups is 1. The molecule has 0 aromatic carbocycles. The molecule has 0 spiro atoms. The zero-order valence-electron chi connectivity index (χ0n) is 7.82. The Morgan fingerprint density at radius 3 is 2.71 bits per heavy atom. The van der Waals surface area contributed by atoms with Crippen molar-refractivity contribution in [2.75, 3.05) is 13.2 Å². The minimum absolute atomic E-state index is 0.290. The van der Waals surface area contributed by atoms with Crippen molar-refractivity contribution in [1.29, 1.82) is 0 Å². The molecule has 0 saturated carbocycles. The summed E-state index contributed by atoms with van der Waals surface area (Å²) in [4.78, 5) is 17.7. The summed E-state index contributed by atoms with van der Waals surface area (Å²) < 4.78 is 0. The molecule has 0 aliphatic heterocycles. The molecule has 1 heterocycles. The van der Waals surface area contributed by atoms with Crippen LogP contribution in [0.1, 0.15) is 17.4 Å². The van der Waals surface area contributed by atoms with Crippen molar-refractivity contribution < 1.29 is 15.0 Å². The smallest absolute Gasteiger partial charge is 0.269 e. The molecule has 78 valence electrons. The first kappa shape index (κ1) is 10.7. The summed E-state index contributed by atoms with van der Waals surface area (Å²) in [6.45, 7) is 0.883. The molecule has 0 fully saturated rings. The number of imidazole rings is 1. The number of hydrogen-bond donors (Lipinski definition) is 4. The van der Waals surface area contributed by atoms with Crippen molar-refractivity contribution in [3.05, 3.63) is 18.2 Å². The maximum Gasteiger partial charge on any atom is 0.269 e. The summed E-state index contributed by atoms with van der Waals surface area (Å²) in [6.07, 6.45) is 2.74. The number of rotatable bonds is 4. The molecule has 1 amide bonds. The van der Waals surface area contributed by atoms with Crippen LogP contribution in [0.4, 0.5) is 0 Å². The van der Waals surface area contributed by atoms with Crippen LogP contribution < -0.4 is 5.32 Å². The number of nitrogens with one attached hydrogen (secondary N) is 2. The molecule has 6 heteroatoms. The molecule has 0 atom stereocenters. The lowest BCUT2D eigenvalue weighted by atomic mass is 10.1. The van der Waals surface area contributed by atoms with Gasteiger partial charge in [0.2, 0.25) is 0 Å². The quantitative estimate of drug-likeness (QED) is 0.494. The molecule has 1 aromatic heterocycles. The highest BCUT2D eigenvalue weighted by Gasteiger charge is 2.25. The van der Waals surface area contributed by atoms with E-state index in [1.165, 1.54) is 12.5 Å². The Bertz CT molecular complexity index is 293. The van der Waals surface area contributed by atoms with Crippen LogP contribution in [0, 0.1) is 0 Å². The molecule has 14 heavy (non-hydrogen) atoms. The van der Waals surface area contributed by atoms with Crippen LogP contribution in [0.15, 0.2) is 12.5 Å². The topological polar surface area (TPSA) is 98.2 Å². The summed E-state index contributed by atoms with van der Waals surface area (Å²) in [7, 11) is 0. The molecule has 0 aliphatic rings. The van der Waals surface area contributed by atoms with E-state index in [9.17, 15) is 4.79 Å². The number of aromatic amines is 1. The van der Waals surface area contributed by atoms with Gasteiger partial charge < -0.3 is 20.5 Å². The van der Waals surface area contributed by atoms with Crippen LogP contribution in [0.2, 0.25) is 0 Å². The lowest BCUT2D eigenvalue weighted by Gasteiger charge is -2.25. The summed E-state index contributed by atoms with van der Waals surface area (Å²) in [5.41, 5.74) is -0.722. The van der Waals surface area contributed by atoms with Crippen molar-refractivity contribution in [3.63, 3.8) is 0 Å². The van der Waals surface area contributed by atoms with Gasteiger partial charge in [-0.25, -0.2) is 4.98 Å². The number of aliphatic hydroxyl groups is 2. The molecule has 0 aliphatic carbocycles. The van der Waals surface area contributed by atoms with Gasteiger partial charge in [0.25, 0.3) is 5.91 Å². The molecule has 0 saturated heterocycles. The van der Waals surface area contributed by atoms with Crippen molar-refractivity contribution >= 4 is 5.91 Å². The number of carbonyl (C=O) groups excluding carboxylic acids is 1. The van der Waals surface area contributed by atoms with Gasteiger partial charge in [0.15, 0.2) is 0 Å². The first-order valence-electron chi connectivity index (χ1n) is 4.14. The first-order valence-corrected chi connectivity index (χ1v) is 4.14. The number of H-pyrrole nitrogens is 1. The number of aliphatic hydroxyl groups excluding tert-OH is 2. The van der Waals surface area contributed by atoms with Crippen LogP contribution >= 0.6 is 0 Å². The van der Waals surface area contributed by atoms with Crippen LogP contribution in [0.25, 0.3) is 0 Å². The van der Waals surface area contributed by atoms with Crippen molar-refractivity contribution in [3.8, 4) is 0 Å². The van der Waals surface area contributed by atoms with Crippen molar-refractivity contribution in [2.45, 2.75) is 12.5 Å². The van der Waals surface area contributed by atoms with E-state index in [1.807, 2.05) is 0 Å². The van der Waals surface area contributed by atoms with Crippen LogP contribution in [-0.2, 0) is 0 Å². The van der Waals surface area contributed by atoms with Crippen LogP contribution in [0.3, 0.4) is 0 Å². The molecule has 1 rings (SSSR count). The van der Waals surface area contributed by atoms with Gasteiger partial charge in [-0.15, -0.1) is 0 Å². The fourth-order valence-corrected chi connectivity index (χ4v) is 0.851. The predicted molar refractivity (Wildman–Crippen MR) is 48.6 cm³/mol. The Balaban J connectivity index is 2.65. The van der Waals surface area contributed by atoms with E-state index in [0.29, 0.717) is 0 Å². The standard InChI is InChI=1S/C8H13N3O3/c1-8(3-12,4-13)11-7(14)6-2-9-5-10-6/h2,5,12-13H,3-4H2,1H3,(H,9,10)(H,11,14). The average Bonchev–Trinajstić information content (AvgIpc) is 2.70. The van der Waals surface area contributed by atoms with E-state index in [0.717, 1.165) is 0 Å². The third-order valence-corrected chi connectivity index (χ3v) is 1.86. The minimum Gasteiger partial charge on any atom is -0.394 e. The van der Waals surface area contributed by atoms with Gasteiger partial charge in [-0.05, 0) is 6.92 Å². The van der Waals surface area contributed by atoms with E-state index in [2.05, 4.69) is 15.3 Å². The second-order valence-corrected chi connectivity index (χ2v) is 3.30. The second kappa shape index (κ2) is 4.21. The Morgan fingerprint density at radius 2 is 2.29 bits per heavy atom. The fraction of sp³-hybridized carbons (Fsp3) is 0.500. The molecular weight excluding hydrogens is 186 g/mol. The molecule has 1 aromatic rings. The van der Waals surface area contributed by atoms with Crippen LogP contribution in [0.5, 0.6) is 0 Å². The third-order valence-electron chi connectivity index (χ3n) is 1.86. The summed E-state index contributed by atoms with van der Waals surface area (Å²) in [6, 6.07) is 0. The van der Waals surface area contributed by atoms with Gasteiger partial charge in [-0.1, -0.05) is 0 Å². The van der Waals surface area contributed by atoms with E-state index in [1.54, 1.807) is 6.92 Å². The highest BCUT2D eigenvalue weighted by atomic mass is 16.3. The Hall–Kier alpha value is -1.40. The highest BCUT2D eigenvalue weighted by Crippen LogP contribution is 2.02. The average molecular weight is 199 g/mol. The van der Waals surface area contributed by atoms with Gasteiger partial charge >= 0.3 is 0 Å². The third kappa shape index (κ3) is 2.30. The SMILES string of the molecule is CC(CO)(CO)NC(=O)c1cnc[nH]1. The maximum atomic E-state index is 11.4. The molecule has 0 bridgehead atoms. The lowest BCUT2D eigenvalue weighted by Crippen LogP contribution is -2.51. The normalized spacial score (nSPS) is 11.4. The summed E-state index contributed by atoms with van der Waals surface area (Å²) in [5, 5.41) is 20.3. The molecule has 4 N–H and O–H groups in total. The first-order chi connectivity index (χ1) is 6.61. The second-order valence-electron chi connectivity index (χ2n) is 3.30. The number of amides is 1. The molecule has 6 nitrogen and oxygen atoms in total. The largest absolute Gasteiger partial charge is 0.394 e. The van der Waals surface area contributed by atoms with Gasteiger partial charge in [0, 0.05) is 0 Å². The van der Waals surface area contributed by atoms with E-state index >= 15 is 0 Å². The Morgan fingerprint density at radius 1 is 1.64 bits per heavy atom. The highest BCUT2D eigenvalue weighted by molar-refractivity contribution is 5.92. The van der Waals surface area contributed by atoms with Crippen molar-refractivity contribution in [1.82, 2.24) is 15.3 Å². The molecule has 0 radical (unpaired) electrons. The minimum atomic E-state index is -1.01. The summed E-state index contributed by atoms with van der Waals surface area (Å²) in [5.74, 6) is -0.409. The Labute approximate surface area is 81.0 Å². The number of hydrogen-bond acceptors (Lipinski definition) is 4.